The molecule has 0 nitrogen and oxygen atoms in total. The number of allylic oxidation sites excluding steroid dienone is 2. The molecule has 4 rings (SSSR count). The Kier molecular flexibility index (Phi) is 3.26. The normalized spacial score (nSPS) is 14.2. The van der Waals surface area contributed by atoms with E-state index < -0.39 is 0 Å². The van der Waals surface area contributed by atoms with Crippen molar-refractivity contribution >= 4 is 21.5 Å². The quantitative estimate of drug-likeness (QED) is 0.410. The van der Waals surface area contributed by atoms with Crippen LogP contribution in [0.15, 0.2) is 54.1 Å². The first-order chi connectivity index (χ1) is 10.8. The average Bonchev–Trinajstić information content (AvgIpc) is 2.54. The average molecular weight is 286 g/mol. The molecule has 0 saturated heterocycles. The van der Waals surface area contributed by atoms with Crippen LogP contribution in [0.5, 0.6) is 0 Å². The minimum atomic E-state index is 1.09. The molecule has 1 aliphatic rings. The largest absolute Gasteiger partial charge is 0.0855 e. The fraction of sp³-hybridized carbons (Fsp3) is 0.273. The highest BCUT2D eigenvalue weighted by Gasteiger charge is 2.17. The Morgan fingerprint density at radius 2 is 1.73 bits per heavy atom. The van der Waals surface area contributed by atoms with Crippen molar-refractivity contribution in [3.8, 4) is 0 Å². The van der Waals surface area contributed by atoms with Gasteiger partial charge in [0.25, 0.3) is 0 Å². The number of hydrogen-bond acceptors (Lipinski definition) is 0. The van der Waals surface area contributed by atoms with Crippen molar-refractivity contribution in [2.45, 2.75) is 39.5 Å². The third-order valence-electron chi connectivity index (χ3n) is 4.98. The summed E-state index contributed by atoms with van der Waals surface area (Å²) in [6.07, 6.45) is 6.94. The van der Waals surface area contributed by atoms with E-state index >= 15 is 0 Å². The molecule has 110 valence electrons. The van der Waals surface area contributed by atoms with E-state index in [0.29, 0.717) is 0 Å². The Labute approximate surface area is 132 Å². The summed E-state index contributed by atoms with van der Waals surface area (Å²) in [6, 6.07) is 16.0. The van der Waals surface area contributed by atoms with Crippen molar-refractivity contribution in [1.82, 2.24) is 0 Å². The minimum absolute atomic E-state index is 1.09. The van der Waals surface area contributed by atoms with Gasteiger partial charge in [-0.2, -0.15) is 0 Å². The minimum Gasteiger partial charge on any atom is -0.0855 e. The van der Waals surface area contributed by atoms with Crippen LogP contribution in [0.4, 0.5) is 0 Å². The number of aryl methyl sites for hydroxylation is 2. The first-order valence-electron chi connectivity index (χ1n) is 8.38. The van der Waals surface area contributed by atoms with Crippen molar-refractivity contribution in [1.29, 1.82) is 0 Å². The van der Waals surface area contributed by atoms with Gasteiger partial charge in [0.2, 0.25) is 0 Å². The van der Waals surface area contributed by atoms with E-state index in [-0.39, 0.29) is 0 Å². The zero-order valence-corrected chi connectivity index (χ0v) is 13.4. The summed E-state index contributed by atoms with van der Waals surface area (Å²) in [5.74, 6) is 0. The van der Waals surface area contributed by atoms with Gasteiger partial charge in [-0.05, 0) is 70.8 Å². The Morgan fingerprint density at radius 3 is 2.55 bits per heavy atom. The maximum Gasteiger partial charge on any atom is -0.00669 e. The Balaban J connectivity index is 2.01. The standard InChI is InChI=1S/C22H22/c1-3-5-15(2)14-19-11-10-18-9-8-16-6-4-7-17-12-13-20(19)22(18)21(16)17/h4-11H,3,12-14H2,1-2H3. The second-order valence-electron chi connectivity index (χ2n) is 6.52. The van der Waals surface area contributed by atoms with Crippen LogP contribution in [0.25, 0.3) is 21.5 Å². The molecule has 0 N–H and O–H groups in total. The molecule has 0 spiro atoms. The molecule has 0 heteroatoms. The van der Waals surface area contributed by atoms with E-state index in [9.17, 15) is 0 Å². The van der Waals surface area contributed by atoms with Crippen LogP contribution < -0.4 is 0 Å². The van der Waals surface area contributed by atoms with Gasteiger partial charge in [0.05, 0.1) is 0 Å². The molecular weight excluding hydrogens is 264 g/mol. The molecule has 0 atom stereocenters. The highest BCUT2D eigenvalue weighted by atomic mass is 14.2. The Hall–Kier alpha value is -2.08. The Bertz CT molecular complexity index is 897. The molecule has 0 aromatic heterocycles. The van der Waals surface area contributed by atoms with Crippen molar-refractivity contribution < 1.29 is 0 Å². The number of benzene rings is 3. The van der Waals surface area contributed by atoms with E-state index in [0.717, 1.165) is 12.8 Å². The second-order valence-corrected chi connectivity index (χ2v) is 6.52. The predicted molar refractivity (Wildman–Crippen MR) is 96.6 cm³/mol. The highest BCUT2D eigenvalue weighted by Crippen LogP contribution is 2.37. The topological polar surface area (TPSA) is 0 Å². The van der Waals surface area contributed by atoms with Gasteiger partial charge < -0.3 is 0 Å². The molecule has 1 aliphatic carbocycles. The molecule has 0 fully saturated rings. The van der Waals surface area contributed by atoms with E-state index in [1.54, 1.807) is 5.56 Å². The van der Waals surface area contributed by atoms with Crippen molar-refractivity contribution in [3.63, 3.8) is 0 Å². The van der Waals surface area contributed by atoms with E-state index in [2.05, 4.69) is 62.4 Å². The predicted octanol–water partition coefficient (Wildman–Crippen LogP) is 5.99. The molecule has 0 bridgehead atoms. The van der Waals surface area contributed by atoms with Crippen molar-refractivity contribution in [2.24, 2.45) is 0 Å². The van der Waals surface area contributed by atoms with Crippen LogP contribution in [0.3, 0.4) is 0 Å². The molecule has 22 heavy (non-hydrogen) atoms. The molecule has 3 aromatic rings. The van der Waals surface area contributed by atoms with Gasteiger partial charge in [0.1, 0.15) is 0 Å². The molecule has 0 unspecified atom stereocenters. The molecule has 0 heterocycles. The highest BCUT2D eigenvalue weighted by molar-refractivity contribution is 6.12. The Morgan fingerprint density at radius 1 is 0.955 bits per heavy atom. The molecule has 3 aromatic carbocycles. The first kappa shape index (κ1) is 13.6. The van der Waals surface area contributed by atoms with Crippen LogP contribution in [-0.2, 0) is 19.3 Å². The van der Waals surface area contributed by atoms with Gasteiger partial charge in [-0.1, -0.05) is 61.0 Å². The van der Waals surface area contributed by atoms with Gasteiger partial charge in [-0.15, -0.1) is 0 Å². The summed E-state index contributed by atoms with van der Waals surface area (Å²) in [7, 11) is 0. The van der Waals surface area contributed by atoms with E-state index in [4.69, 9.17) is 0 Å². The summed E-state index contributed by atoms with van der Waals surface area (Å²) in [4.78, 5) is 0. The van der Waals surface area contributed by atoms with Crippen LogP contribution >= 0.6 is 0 Å². The maximum absolute atomic E-state index is 2.36. The lowest BCUT2D eigenvalue weighted by molar-refractivity contribution is 0.939. The van der Waals surface area contributed by atoms with Crippen LogP contribution in [-0.4, -0.2) is 0 Å². The lowest BCUT2D eigenvalue weighted by Gasteiger charge is -2.21. The molecule has 0 aliphatic heterocycles. The smallest absolute Gasteiger partial charge is 0.00669 e. The zero-order chi connectivity index (χ0) is 15.1. The van der Waals surface area contributed by atoms with Gasteiger partial charge in [-0.3, -0.25) is 0 Å². The second kappa shape index (κ2) is 5.28. The van der Waals surface area contributed by atoms with Gasteiger partial charge >= 0.3 is 0 Å². The maximum atomic E-state index is 2.36. The third-order valence-corrected chi connectivity index (χ3v) is 4.98. The summed E-state index contributed by atoms with van der Waals surface area (Å²) >= 11 is 0. The van der Waals surface area contributed by atoms with E-state index in [1.165, 1.54) is 51.1 Å². The monoisotopic (exact) mass is 286 g/mol. The van der Waals surface area contributed by atoms with Gasteiger partial charge in [-0.25, -0.2) is 0 Å². The molecule has 0 radical (unpaired) electrons. The van der Waals surface area contributed by atoms with Crippen LogP contribution in [0.1, 0.15) is 37.0 Å². The molecular formula is C22H22. The van der Waals surface area contributed by atoms with Gasteiger partial charge in [0, 0.05) is 0 Å². The van der Waals surface area contributed by atoms with E-state index in [1.807, 2.05) is 0 Å². The van der Waals surface area contributed by atoms with Crippen molar-refractivity contribution in [2.75, 3.05) is 0 Å². The summed E-state index contributed by atoms with van der Waals surface area (Å²) in [5, 5.41) is 5.81. The van der Waals surface area contributed by atoms with Gasteiger partial charge in [0.15, 0.2) is 0 Å². The fourth-order valence-electron chi connectivity index (χ4n) is 4.03. The van der Waals surface area contributed by atoms with Crippen LogP contribution in [0, 0.1) is 0 Å². The number of hydrogen-bond donors (Lipinski definition) is 0. The third kappa shape index (κ3) is 2.06. The lowest BCUT2D eigenvalue weighted by atomic mass is 9.83. The molecule has 0 saturated carbocycles. The zero-order valence-electron chi connectivity index (χ0n) is 13.4. The summed E-state index contributed by atoms with van der Waals surface area (Å²) in [5.41, 5.74) is 6.13. The SMILES string of the molecule is CCC=C(C)Cc1ccc2ccc3cccc4c3c2c1CC4. The first-order valence-corrected chi connectivity index (χ1v) is 8.38. The lowest BCUT2D eigenvalue weighted by Crippen LogP contribution is -2.05. The molecule has 0 amide bonds. The summed E-state index contributed by atoms with van der Waals surface area (Å²) < 4.78 is 0. The van der Waals surface area contributed by atoms with Crippen LogP contribution in [0.2, 0.25) is 0 Å². The number of rotatable bonds is 3. The van der Waals surface area contributed by atoms with Crippen molar-refractivity contribution in [3.05, 3.63) is 70.8 Å². The fourth-order valence-corrected chi connectivity index (χ4v) is 4.03. The summed E-state index contributed by atoms with van der Waals surface area (Å²) in [6.45, 7) is 4.48.